The van der Waals surface area contributed by atoms with E-state index in [-0.39, 0.29) is 0 Å². The van der Waals surface area contributed by atoms with Crippen LogP contribution in [0.25, 0.3) is 0 Å². The van der Waals surface area contributed by atoms with E-state index in [1.807, 2.05) is 12.1 Å². The van der Waals surface area contributed by atoms with E-state index in [1.54, 1.807) is 0 Å². The summed E-state index contributed by atoms with van der Waals surface area (Å²) < 4.78 is 10.8. The molecule has 1 N–H and O–H groups in total. The Morgan fingerprint density at radius 1 is 0.950 bits per heavy atom. The predicted octanol–water partition coefficient (Wildman–Crippen LogP) is 3.38. The van der Waals surface area contributed by atoms with Crippen LogP contribution < -0.4 is 14.8 Å². The van der Waals surface area contributed by atoms with Crippen LogP contribution in [-0.4, -0.2) is 12.8 Å². The molecule has 0 saturated heterocycles. The van der Waals surface area contributed by atoms with Crippen LogP contribution in [0.4, 0.5) is 5.69 Å². The maximum Gasteiger partial charge on any atom is 0.231 e. The van der Waals surface area contributed by atoms with E-state index in [2.05, 4.69) is 35.6 Å². The fourth-order valence-corrected chi connectivity index (χ4v) is 3.04. The minimum Gasteiger partial charge on any atom is -0.454 e. The smallest absolute Gasteiger partial charge is 0.231 e. The number of aryl methyl sites for hydroxylation is 1. The van der Waals surface area contributed by atoms with Gasteiger partial charge in [0, 0.05) is 17.8 Å². The molecular weight excluding hydrogens is 250 g/mol. The number of rotatable bonds is 2. The van der Waals surface area contributed by atoms with E-state index in [1.165, 1.54) is 17.5 Å². The van der Waals surface area contributed by atoms with E-state index in [4.69, 9.17) is 9.47 Å². The summed E-state index contributed by atoms with van der Waals surface area (Å²) in [4.78, 5) is 0. The number of nitrogens with one attached hydrogen (secondary N) is 1. The molecule has 3 heteroatoms. The van der Waals surface area contributed by atoms with Crippen molar-refractivity contribution in [2.75, 3.05) is 12.1 Å². The average Bonchev–Trinajstić information content (AvgIpc) is 2.95. The standard InChI is InChI=1S/C17H17NO2/c1-2-4-13-9-14(6-5-12(13)3-1)18-15-7-8-16-17(10-15)20-11-19-16/h1-4,7-8,10,14,18H,5-6,9,11H2. The second kappa shape index (κ2) is 4.75. The van der Waals surface area contributed by atoms with Gasteiger partial charge in [0.15, 0.2) is 11.5 Å². The second-order valence-electron chi connectivity index (χ2n) is 5.42. The van der Waals surface area contributed by atoms with Gasteiger partial charge < -0.3 is 14.8 Å². The molecule has 102 valence electrons. The summed E-state index contributed by atoms with van der Waals surface area (Å²) in [6, 6.07) is 15.3. The van der Waals surface area contributed by atoms with Gasteiger partial charge in [-0.15, -0.1) is 0 Å². The van der Waals surface area contributed by atoms with Gasteiger partial charge in [0.1, 0.15) is 0 Å². The van der Waals surface area contributed by atoms with E-state index >= 15 is 0 Å². The lowest BCUT2D eigenvalue weighted by atomic mass is 9.88. The molecule has 20 heavy (non-hydrogen) atoms. The van der Waals surface area contributed by atoms with Gasteiger partial charge in [-0.3, -0.25) is 0 Å². The molecule has 1 unspecified atom stereocenters. The summed E-state index contributed by atoms with van der Waals surface area (Å²) in [5, 5.41) is 3.62. The largest absolute Gasteiger partial charge is 0.454 e. The van der Waals surface area contributed by atoms with E-state index in [0.717, 1.165) is 30.0 Å². The van der Waals surface area contributed by atoms with Crippen LogP contribution in [0.15, 0.2) is 42.5 Å². The Bertz CT molecular complexity index is 639. The Morgan fingerprint density at radius 3 is 2.75 bits per heavy atom. The van der Waals surface area contributed by atoms with Gasteiger partial charge in [-0.2, -0.15) is 0 Å². The molecule has 4 rings (SSSR count). The molecule has 0 bridgehead atoms. The Kier molecular flexibility index (Phi) is 2.76. The molecule has 0 amide bonds. The molecule has 0 fully saturated rings. The minimum atomic E-state index is 0.329. The first-order chi connectivity index (χ1) is 9.88. The number of anilines is 1. The van der Waals surface area contributed by atoms with Crippen LogP contribution in [-0.2, 0) is 12.8 Å². The first kappa shape index (κ1) is 11.6. The highest BCUT2D eigenvalue weighted by atomic mass is 16.7. The van der Waals surface area contributed by atoms with Crippen molar-refractivity contribution in [2.24, 2.45) is 0 Å². The molecule has 3 nitrogen and oxygen atoms in total. The van der Waals surface area contributed by atoms with E-state index in [0.29, 0.717) is 12.8 Å². The van der Waals surface area contributed by atoms with Crippen LogP contribution in [0.1, 0.15) is 17.5 Å². The molecule has 2 aliphatic rings. The fourth-order valence-electron chi connectivity index (χ4n) is 3.04. The molecule has 0 aromatic heterocycles. The molecule has 2 aromatic carbocycles. The molecular formula is C17H17NO2. The van der Waals surface area contributed by atoms with Gasteiger partial charge in [-0.1, -0.05) is 24.3 Å². The number of fused-ring (bicyclic) bond motifs is 2. The monoisotopic (exact) mass is 267 g/mol. The van der Waals surface area contributed by atoms with Crippen LogP contribution in [0, 0.1) is 0 Å². The van der Waals surface area contributed by atoms with Gasteiger partial charge in [-0.25, -0.2) is 0 Å². The Hall–Kier alpha value is -2.16. The lowest BCUT2D eigenvalue weighted by Crippen LogP contribution is -2.27. The summed E-state index contributed by atoms with van der Waals surface area (Å²) in [6.45, 7) is 0.329. The molecule has 1 heterocycles. The van der Waals surface area contributed by atoms with Crippen LogP contribution in [0.2, 0.25) is 0 Å². The Labute approximate surface area is 118 Å². The number of hydrogen-bond donors (Lipinski definition) is 1. The molecule has 1 aliphatic carbocycles. The highest BCUT2D eigenvalue weighted by Crippen LogP contribution is 2.35. The van der Waals surface area contributed by atoms with Crippen molar-refractivity contribution in [3.05, 3.63) is 53.6 Å². The highest BCUT2D eigenvalue weighted by Gasteiger charge is 2.19. The van der Waals surface area contributed by atoms with Crippen LogP contribution >= 0.6 is 0 Å². The first-order valence-corrected chi connectivity index (χ1v) is 7.11. The van der Waals surface area contributed by atoms with Crippen molar-refractivity contribution in [3.63, 3.8) is 0 Å². The lowest BCUT2D eigenvalue weighted by Gasteiger charge is -2.26. The van der Waals surface area contributed by atoms with E-state index in [9.17, 15) is 0 Å². The average molecular weight is 267 g/mol. The van der Waals surface area contributed by atoms with Gasteiger partial charge in [0.25, 0.3) is 0 Å². The minimum absolute atomic E-state index is 0.329. The van der Waals surface area contributed by atoms with Crippen molar-refractivity contribution in [1.82, 2.24) is 0 Å². The zero-order valence-electron chi connectivity index (χ0n) is 11.3. The van der Waals surface area contributed by atoms with Crippen LogP contribution in [0.5, 0.6) is 11.5 Å². The maximum atomic E-state index is 5.42. The molecule has 0 radical (unpaired) electrons. The first-order valence-electron chi connectivity index (χ1n) is 7.11. The van der Waals surface area contributed by atoms with Gasteiger partial charge in [0.05, 0.1) is 0 Å². The summed E-state index contributed by atoms with van der Waals surface area (Å²) in [5.41, 5.74) is 4.08. The number of hydrogen-bond acceptors (Lipinski definition) is 3. The predicted molar refractivity (Wildman–Crippen MR) is 78.4 cm³/mol. The van der Waals surface area contributed by atoms with Crippen molar-refractivity contribution in [2.45, 2.75) is 25.3 Å². The molecule has 2 aromatic rings. The summed E-state index contributed by atoms with van der Waals surface area (Å²) in [6.07, 6.45) is 3.41. The molecule has 1 atom stereocenters. The second-order valence-corrected chi connectivity index (χ2v) is 5.42. The Morgan fingerprint density at radius 2 is 1.80 bits per heavy atom. The summed E-state index contributed by atoms with van der Waals surface area (Å²) >= 11 is 0. The van der Waals surface area contributed by atoms with Crippen molar-refractivity contribution >= 4 is 5.69 Å². The highest BCUT2D eigenvalue weighted by molar-refractivity contribution is 5.56. The number of ether oxygens (including phenoxy) is 2. The molecule has 1 aliphatic heterocycles. The zero-order valence-corrected chi connectivity index (χ0v) is 11.3. The molecule has 0 spiro atoms. The third-order valence-corrected chi connectivity index (χ3v) is 4.09. The SMILES string of the molecule is c1ccc2c(c1)CCC(Nc1ccc3c(c1)OCO3)C2. The fraction of sp³-hybridized carbons (Fsp3) is 0.294. The normalized spacial score (nSPS) is 19.5. The van der Waals surface area contributed by atoms with Gasteiger partial charge in [-0.05, 0) is 42.5 Å². The third kappa shape index (κ3) is 2.09. The molecule has 0 saturated carbocycles. The third-order valence-electron chi connectivity index (χ3n) is 4.09. The maximum absolute atomic E-state index is 5.42. The van der Waals surface area contributed by atoms with Gasteiger partial charge in [0.2, 0.25) is 6.79 Å². The summed E-state index contributed by atoms with van der Waals surface area (Å²) in [7, 11) is 0. The van der Waals surface area contributed by atoms with Crippen molar-refractivity contribution in [3.8, 4) is 11.5 Å². The Balaban J connectivity index is 1.50. The lowest BCUT2D eigenvalue weighted by molar-refractivity contribution is 0.174. The van der Waals surface area contributed by atoms with E-state index < -0.39 is 0 Å². The van der Waals surface area contributed by atoms with Gasteiger partial charge >= 0.3 is 0 Å². The topological polar surface area (TPSA) is 30.5 Å². The van der Waals surface area contributed by atoms with Crippen LogP contribution in [0.3, 0.4) is 0 Å². The summed E-state index contributed by atoms with van der Waals surface area (Å²) in [5.74, 6) is 1.68. The number of benzene rings is 2. The zero-order chi connectivity index (χ0) is 13.4. The quantitative estimate of drug-likeness (QED) is 0.904. The van der Waals surface area contributed by atoms with Crippen molar-refractivity contribution in [1.29, 1.82) is 0 Å². The van der Waals surface area contributed by atoms with Crippen molar-refractivity contribution < 1.29 is 9.47 Å².